The molecule has 7 heteroatoms. The van der Waals surface area contributed by atoms with E-state index in [-0.39, 0.29) is 23.7 Å². The zero-order valence-electron chi connectivity index (χ0n) is 17.4. The number of imidazole rings is 1. The van der Waals surface area contributed by atoms with Crippen molar-refractivity contribution in [3.8, 4) is 0 Å². The van der Waals surface area contributed by atoms with Gasteiger partial charge < -0.3 is 14.5 Å². The number of aromatic amines is 1. The van der Waals surface area contributed by atoms with Crippen LogP contribution in [-0.2, 0) is 16.0 Å². The minimum atomic E-state index is -0.901. The lowest BCUT2D eigenvalue weighted by Gasteiger charge is -2.22. The molecule has 2 aromatic heterocycles. The summed E-state index contributed by atoms with van der Waals surface area (Å²) in [5.74, 6) is -0.946. The molecule has 4 aromatic rings. The van der Waals surface area contributed by atoms with Gasteiger partial charge >= 0.3 is 0 Å². The minimum Gasteiger partial charge on any atom is -0.503 e. The van der Waals surface area contributed by atoms with Crippen molar-refractivity contribution in [3.05, 3.63) is 95.1 Å². The summed E-state index contributed by atoms with van der Waals surface area (Å²) in [5.41, 5.74) is 3.51. The number of aliphatic hydroxyl groups excluding tert-OH is 1. The van der Waals surface area contributed by atoms with E-state index in [1.54, 1.807) is 12.1 Å². The van der Waals surface area contributed by atoms with Crippen LogP contribution in [0.2, 0.25) is 0 Å². The van der Waals surface area contributed by atoms with E-state index >= 15 is 0 Å². The number of aryl methyl sites for hydroxylation is 2. The maximum Gasteiger partial charge on any atom is 0.296 e. The second kappa shape index (κ2) is 7.85. The lowest BCUT2D eigenvalue weighted by Crippen LogP contribution is -2.31. The van der Waals surface area contributed by atoms with Crippen molar-refractivity contribution in [1.29, 1.82) is 0 Å². The number of hydrogen-bond donors (Lipinski definition) is 2. The monoisotopic (exact) mass is 427 g/mol. The number of benzene rings is 2. The van der Waals surface area contributed by atoms with Gasteiger partial charge in [-0.25, -0.2) is 4.98 Å². The molecule has 1 amide bonds. The van der Waals surface area contributed by atoms with E-state index in [2.05, 4.69) is 9.97 Å². The molecule has 0 radical (unpaired) electrons. The number of hydrogen-bond acceptors (Lipinski definition) is 5. The van der Waals surface area contributed by atoms with Gasteiger partial charge in [0.15, 0.2) is 11.5 Å². The molecule has 32 heavy (non-hydrogen) atoms. The van der Waals surface area contributed by atoms with E-state index in [0.29, 0.717) is 17.7 Å². The van der Waals surface area contributed by atoms with Gasteiger partial charge in [0, 0.05) is 6.42 Å². The normalized spacial score (nSPS) is 16.3. The summed E-state index contributed by atoms with van der Waals surface area (Å²) in [6, 6.07) is 17.8. The maximum atomic E-state index is 13.2. The molecule has 160 valence electrons. The van der Waals surface area contributed by atoms with Crippen LogP contribution in [0.15, 0.2) is 82.7 Å². The fourth-order valence-electron chi connectivity index (χ4n) is 4.09. The molecule has 0 bridgehead atoms. The first kappa shape index (κ1) is 19.8. The van der Waals surface area contributed by atoms with E-state index in [1.165, 1.54) is 11.2 Å². The van der Waals surface area contributed by atoms with E-state index in [0.717, 1.165) is 16.6 Å². The van der Waals surface area contributed by atoms with Gasteiger partial charge in [-0.05, 0) is 48.7 Å². The number of aliphatic hydroxyl groups is 1. The molecule has 2 aromatic carbocycles. The van der Waals surface area contributed by atoms with Crippen LogP contribution in [0.3, 0.4) is 0 Å². The highest BCUT2D eigenvalue weighted by atomic mass is 16.3. The fourth-order valence-corrected chi connectivity index (χ4v) is 4.09. The van der Waals surface area contributed by atoms with Crippen molar-refractivity contribution in [2.75, 3.05) is 4.90 Å². The summed E-state index contributed by atoms with van der Waals surface area (Å²) < 4.78 is 5.57. The van der Waals surface area contributed by atoms with Crippen LogP contribution in [0.5, 0.6) is 0 Å². The Bertz CT molecular complexity index is 1340. The van der Waals surface area contributed by atoms with Crippen LogP contribution in [0, 0.1) is 6.92 Å². The van der Waals surface area contributed by atoms with Gasteiger partial charge in [0.2, 0.25) is 5.95 Å². The summed E-state index contributed by atoms with van der Waals surface area (Å²) in [4.78, 5) is 35.3. The number of furan rings is 1. The van der Waals surface area contributed by atoms with E-state index in [4.69, 9.17) is 4.42 Å². The van der Waals surface area contributed by atoms with Crippen LogP contribution in [0.1, 0.15) is 29.3 Å². The van der Waals surface area contributed by atoms with Crippen molar-refractivity contribution in [3.63, 3.8) is 0 Å². The highest BCUT2D eigenvalue weighted by molar-refractivity contribution is 6.16. The molecule has 1 aliphatic rings. The third-order valence-electron chi connectivity index (χ3n) is 5.66. The van der Waals surface area contributed by atoms with E-state index in [9.17, 15) is 14.7 Å². The Morgan fingerprint density at radius 3 is 2.72 bits per heavy atom. The van der Waals surface area contributed by atoms with Crippen LogP contribution in [0.25, 0.3) is 11.0 Å². The predicted molar refractivity (Wildman–Crippen MR) is 119 cm³/mol. The quantitative estimate of drug-likeness (QED) is 0.470. The van der Waals surface area contributed by atoms with Crippen LogP contribution in [0.4, 0.5) is 5.95 Å². The summed E-state index contributed by atoms with van der Waals surface area (Å²) in [5, 5.41) is 10.7. The summed E-state index contributed by atoms with van der Waals surface area (Å²) in [7, 11) is 0. The fraction of sp³-hybridized carbons (Fsp3) is 0.160. The Balaban J connectivity index is 1.52. The number of nitrogens with one attached hydrogen (secondary N) is 1. The number of anilines is 1. The SMILES string of the molecule is Cc1ccc2nc(N3C(=O)C(O)=C(C(=O)CCc4ccccc4)C3c3ccco3)[nH]c2c1. The van der Waals surface area contributed by atoms with Gasteiger partial charge in [-0.2, -0.15) is 0 Å². The number of carbonyl (C=O) groups excluding carboxylic acids is 2. The molecule has 0 saturated carbocycles. The van der Waals surface area contributed by atoms with Crippen molar-refractivity contribution in [2.45, 2.75) is 25.8 Å². The number of amides is 1. The van der Waals surface area contributed by atoms with E-state index in [1.807, 2.05) is 55.5 Å². The molecule has 5 rings (SSSR count). The molecule has 7 nitrogen and oxygen atoms in total. The Kier molecular flexibility index (Phi) is 4.86. The van der Waals surface area contributed by atoms with Gasteiger partial charge in [0.1, 0.15) is 11.8 Å². The topological polar surface area (TPSA) is 99.4 Å². The number of ketones is 1. The number of carbonyl (C=O) groups is 2. The number of rotatable bonds is 6. The second-order valence-electron chi connectivity index (χ2n) is 7.85. The highest BCUT2D eigenvalue weighted by Crippen LogP contribution is 2.41. The molecule has 0 aliphatic carbocycles. The van der Waals surface area contributed by atoms with Crippen molar-refractivity contribution in [2.24, 2.45) is 0 Å². The molecule has 0 saturated heterocycles. The number of fused-ring (bicyclic) bond motifs is 1. The first-order chi connectivity index (χ1) is 15.5. The minimum absolute atomic E-state index is 0.0255. The third-order valence-corrected chi connectivity index (χ3v) is 5.66. The maximum absolute atomic E-state index is 13.2. The lowest BCUT2D eigenvalue weighted by atomic mass is 9.96. The molecule has 0 spiro atoms. The Morgan fingerprint density at radius 1 is 1.16 bits per heavy atom. The molecule has 3 heterocycles. The van der Waals surface area contributed by atoms with Crippen LogP contribution < -0.4 is 4.90 Å². The standard InChI is InChI=1S/C25H21N3O4/c1-15-9-11-17-18(14-15)27-25(26-17)28-22(20-8-5-13-32-20)21(23(30)24(28)31)19(29)12-10-16-6-3-2-4-7-16/h2-9,11,13-14,22,30H,10,12H2,1H3,(H,26,27). The summed E-state index contributed by atoms with van der Waals surface area (Å²) in [6.45, 7) is 1.96. The second-order valence-corrected chi connectivity index (χ2v) is 7.85. The molecule has 1 atom stereocenters. The number of nitrogens with zero attached hydrogens (tertiary/aromatic N) is 2. The Labute approximate surface area is 184 Å². The lowest BCUT2D eigenvalue weighted by molar-refractivity contribution is -0.118. The highest BCUT2D eigenvalue weighted by Gasteiger charge is 2.46. The average Bonchev–Trinajstić information content (AvgIpc) is 3.51. The number of H-pyrrole nitrogens is 1. The van der Waals surface area contributed by atoms with Crippen LogP contribution in [-0.4, -0.2) is 26.8 Å². The van der Waals surface area contributed by atoms with Crippen molar-refractivity contribution >= 4 is 28.7 Å². The summed E-state index contributed by atoms with van der Waals surface area (Å²) in [6.07, 6.45) is 2.13. The molecule has 1 aliphatic heterocycles. The molecule has 0 fully saturated rings. The predicted octanol–water partition coefficient (Wildman–Crippen LogP) is 4.57. The Morgan fingerprint density at radius 2 is 1.97 bits per heavy atom. The molecule has 2 N–H and O–H groups in total. The molecule has 1 unspecified atom stereocenters. The first-order valence-corrected chi connectivity index (χ1v) is 10.4. The molecular weight excluding hydrogens is 406 g/mol. The number of Topliss-reactive ketones (excluding diaryl/α,β-unsaturated/α-hetero) is 1. The Hall–Kier alpha value is -4.13. The van der Waals surface area contributed by atoms with Gasteiger partial charge in [0.05, 0.1) is 22.9 Å². The zero-order valence-corrected chi connectivity index (χ0v) is 17.4. The van der Waals surface area contributed by atoms with Gasteiger partial charge in [-0.15, -0.1) is 0 Å². The largest absolute Gasteiger partial charge is 0.503 e. The van der Waals surface area contributed by atoms with Crippen LogP contribution >= 0.6 is 0 Å². The molecular formula is C25H21N3O4. The zero-order chi connectivity index (χ0) is 22.2. The first-order valence-electron chi connectivity index (χ1n) is 10.4. The third kappa shape index (κ3) is 3.37. The van der Waals surface area contributed by atoms with Gasteiger partial charge in [-0.3, -0.25) is 14.5 Å². The van der Waals surface area contributed by atoms with E-state index < -0.39 is 17.7 Å². The van der Waals surface area contributed by atoms with Gasteiger partial charge in [-0.1, -0.05) is 36.4 Å². The average molecular weight is 427 g/mol. The number of aromatic nitrogens is 2. The van der Waals surface area contributed by atoms with Crippen molar-refractivity contribution in [1.82, 2.24) is 9.97 Å². The van der Waals surface area contributed by atoms with Crippen molar-refractivity contribution < 1.29 is 19.1 Å². The summed E-state index contributed by atoms with van der Waals surface area (Å²) >= 11 is 0. The smallest absolute Gasteiger partial charge is 0.296 e. The van der Waals surface area contributed by atoms with Gasteiger partial charge in [0.25, 0.3) is 5.91 Å².